The Morgan fingerprint density at radius 1 is 1.56 bits per heavy atom. The average Bonchev–Trinajstić information content (AvgIpc) is 2.15. The molecule has 1 rings (SSSR count). The Morgan fingerprint density at radius 2 is 2.33 bits per heavy atom. The van der Waals surface area contributed by atoms with Crippen molar-refractivity contribution in [3.63, 3.8) is 0 Å². The smallest absolute Gasteiger partial charge is 0.178 e. The standard InChI is InChI=1S/C4H8BN4/c1-3(2)5-4-6-8-9-7-4/h3H,1-2H3,(H,6,7,8,9). The summed E-state index contributed by atoms with van der Waals surface area (Å²) in [5.74, 6) is 0.475. The molecule has 1 aromatic rings. The van der Waals surface area contributed by atoms with Crippen LogP contribution in [0.1, 0.15) is 13.8 Å². The highest BCUT2D eigenvalue weighted by atomic mass is 15.5. The van der Waals surface area contributed by atoms with Crippen molar-refractivity contribution in [3.8, 4) is 0 Å². The molecule has 4 nitrogen and oxygen atoms in total. The van der Waals surface area contributed by atoms with Gasteiger partial charge in [0, 0.05) is 0 Å². The first-order chi connectivity index (χ1) is 4.29. The molecule has 0 aliphatic rings. The van der Waals surface area contributed by atoms with Gasteiger partial charge in [-0.3, -0.25) is 0 Å². The van der Waals surface area contributed by atoms with Crippen LogP contribution in [0.3, 0.4) is 0 Å². The third kappa shape index (κ3) is 1.83. The van der Waals surface area contributed by atoms with Gasteiger partial charge in [-0.1, -0.05) is 24.9 Å². The Kier molecular flexibility index (Phi) is 1.82. The predicted molar refractivity (Wildman–Crippen MR) is 34.7 cm³/mol. The number of rotatable bonds is 2. The number of aromatic amines is 1. The lowest BCUT2D eigenvalue weighted by atomic mass is 9.66. The number of hydrogen-bond donors (Lipinski definition) is 1. The first kappa shape index (κ1) is 6.26. The Balaban J connectivity index is 2.48. The van der Waals surface area contributed by atoms with Gasteiger partial charge in [0.2, 0.25) is 7.28 Å². The van der Waals surface area contributed by atoms with Gasteiger partial charge in [0.05, 0.1) is 0 Å². The lowest BCUT2D eigenvalue weighted by Gasteiger charge is -1.92. The van der Waals surface area contributed by atoms with Crippen LogP contribution in [-0.2, 0) is 0 Å². The molecule has 0 fully saturated rings. The maximum atomic E-state index is 3.75. The fourth-order valence-corrected chi connectivity index (χ4v) is 0.538. The van der Waals surface area contributed by atoms with Crippen molar-refractivity contribution in [2.45, 2.75) is 19.7 Å². The number of H-pyrrole nitrogens is 1. The second-order valence-corrected chi connectivity index (χ2v) is 2.18. The largest absolute Gasteiger partial charge is 0.212 e. The van der Waals surface area contributed by atoms with Crippen LogP contribution in [0.5, 0.6) is 0 Å². The molecule has 0 spiro atoms. The molecule has 1 aromatic heterocycles. The molecular formula is C4H8BN4. The molecule has 0 unspecified atom stereocenters. The van der Waals surface area contributed by atoms with Crippen LogP contribution in [0, 0.1) is 0 Å². The molecule has 5 heteroatoms. The van der Waals surface area contributed by atoms with Crippen LogP contribution in [0.2, 0.25) is 5.82 Å². The molecular weight excluding hydrogens is 115 g/mol. The summed E-state index contributed by atoms with van der Waals surface area (Å²) in [7, 11) is 1.93. The van der Waals surface area contributed by atoms with Crippen molar-refractivity contribution in [1.82, 2.24) is 20.6 Å². The lowest BCUT2D eigenvalue weighted by Crippen LogP contribution is -2.20. The number of tetrazole rings is 1. The van der Waals surface area contributed by atoms with E-state index in [1.54, 1.807) is 0 Å². The molecule has 1 heterocycles. The fraction of sp³-hybridized carbons (Fsp3) is 0.750. The highest BCUT2D eigenvalue weighted by Gasteiger charge is 2.02. The average molecular weight is 123 g/mol. The third-order valence-electron chi connectivity index (χ3n) is 0.844. The number of nitrogens with one attached hydrogen (secondary N) is 1. The molecule has 1 N–H and O–H groups in total. The molecule has 47 valence electrons. The van der Waals surface area contributed by atoms with Gasteiger partial charge in [0.15, 0.2) is 0 Å². The zero-order valence-electron chi connectivity index (χ0n) is 5.50. The molecule has 0 bridgehead atoms. The van der Waals surface area contributed by atoms with Gasteiger partial charge in [-0.15, -0.1) is 5.10 Å². The maximum absolute atomic E-state index is 3.75. The highest BCUT2D eigenvalue weighted by Crippen LogP contribution is 1.92. The van der Waals surface area contributed by atoms with Gasteiger partial charge in [0.25, 0.3) is 0 Å². The first-order valence-corrected chi connectivity index (χ1v) is 2.87. The number of aromatic nitrogens is 4. The van der Waals surface area contributed by atoms with Crippen LogP contribution in [0.25, 0.3) is 0 Å². The predicted octanol–water partition coefficient (Wildman–Crippen LogP) is -0.643. The third-order valence-corrected chi connectivity index (χ3v) is 0.844. The van der Waals surface area contributed by atoms with Crippen molar-refractivity contribution < 1.29 is 0 Å². The molecule has 0 saturated heterocycles. The summed E-state index contributed by atoms with van der Waals surface area (Å²) in [6, 6.07) is 0. The van der Waals surface area contributed by atoms with E-state index in [0.29, 0.717) is 11.5 Å². The Labute approximate surface area is 54.3 Å². The summed E-state index contributed by atoms with van der Waals surface area (Å²) < 4.78 is 0. The van der Waals surface area contributed by atoms with E-state index in [-0.39, 0.29) is 0 Å². The van der Waals surface area contributed by atoms with Crippen molar-refractivity contribution in [2.24, 2.45) is 0 Å². The number of hydrogen-bond acceptors (Lipinski definition) is 3. The Hall–Kier alpha value is -0.865. The van der Waals surface area contributed by atoms with Gasteiger partial charge in [-0.2, -0.15) is 10.3 Å². The molecule has 1 radical (unpaired) electrons. The van der Waals surface area contributed by atoms with E-state index in [1.807, 2.05) is 7.28 Å². The molecule has 0 amide bonds. The maximum Gasteiger partial charge on any atom is 0.212 e. The first-order valence-electron chi connectivity index (χ1n) is 2.87. The Bertz CT molecular complexity index is 159. The normalized spacial score (nSPS) is 10.1. The SMILES string of the molecule is CC(C)[B]c1nn[nH]n1. The highest BCUT2D eigenvalue weighted by molar-refractivity contribution is 6.52. The van der Waals surface area contributed by atoms with Gasteiger partial charge in [-0.25, -0.2) is 0 Å². The quantitative estimate of drug-likeness (QED) is 0.532. The van der Waals surface area contributed by atoms with E-state index in [2.05, 4.69) is 34.5 Å². The molecule has 0 atom stereocenters. The minimum atomic E-state index is 0.475. The number of nitrogens with zero attached hydrogens (tertiary/aromatic N) is 3. The van der Waals surface area contributed by atoms with E-state index in [9.17, 15) is 0 Å². The minimum absolute atomic E-state index is 0.475. The summed E-state index contributed by atoms with van der Waals surface area (Å²) in [5, 5.41) is 13.3. The molecule has 9 heavy (non-hydrogen) atoms. The van der Waals surface area contributed by atoms with Gasteiger partial charge in [-0.05, 0) is 0 Å². The van der Waals surface area contributed by atoms with Crippen molar-refractivity contribution in [2.75, 3.05) is 0 Å². The van der Waals surface area contributed by atoms with Gasteiger partial charge >= 0.3 is 0 Å². The van der Waals surface area contributed by atoms with Gasteiger partial charge < -0.3 is 0 Å². The van der Waals surface area contributed by atoms with E-state index in [0.717, 1.165) is 0 Å². The van der Waals surface area contributed by atoms with Crippen molar-refractivity contribution >= 4 is 13.0 Å². The van der Waals surface area contributed by atoms with Crippen LogP contribution in [0.15, 0.2) is 0 Å². The van der Waals surface area contributed by atoms with Crippen LogP contribution in [0.4, 0.5) is 0 Å². The molecule has 0 aliphatic carbocycles. The molecule has 0 saturated carbocycles. The topological polar surface area (TPSA) is 54.5 Å². The van der Waals surface area contributed by atoms with Crippen LogP contribution in [-0.4, -0.2) is 27.9 Å². The van der Waals surface area contributed by atoms with Crippen molar-refractivity contribution in [3.05, 3.63) is 0 Å². The van der Waals surface area contributed by atoms with Gasteiger partial charge in [0.1, 0.15) is 5.72 Å². The molecule has 0 aromatic carbocycles. The summed E-state index contributed by atoms with van der Waals surface area (Å²) in [4.78, 5) is 0. The fourth-order valence-electron chi connectivity index (χ4n) is 0.538. The van der Waals surface area contributed by atoms with Crippen LogP contribution < -0.4 is 5.72 Å². The van der Waals surface area contributed by atoms with E-state index >= 15 is 0 Å². The minimum Gasteiger partial charge on any atom is -0.178 e. The zero-order valence-corrected chi connectivity index (χ0v) is 5.50. The zero-order chi connectivity index (χ0) is 6.69. The Morgan fingerprint density at radius 3 is 2.78 bits per heavy atom. The monoisotopic (exact) mass is 123 g/mol. The van der Waals surface area contributed by atoms with E-state index in [4.69, 9.17) is 0 Å². The van der Waals surface area contributed by atoms with Crippen molar-refractivity contribution in [1.29, 1.82) is 0 Å². The second-order valence-electron chi connectivity index (χ2n) is 2.18. The van der Waals surface area contributed by atoms with E-state index in [1.165, 1.54) is 0 Å². The summed E-state index contributed by atoms with van der Waals surface area (Å²) in [6.07, 6.45) is 0. The summed E-state index contributed by atoms with van der Waals surface area (Å²) in [6.45, 7) is 4.13. The molecule has 0 aliphatic heterocycles. The summed E-state index contributed by atoms with van der Waals surface area (Å²) >= 11 is 0. The lowest BCUT2D eigenvalue weighted by molar-refractivity contribution is 0.881. The summed E-state index contributed by atoms with van der Waals surface area (Å²) in [5.41, 5.74) is 0.671. The van der Waals surface area contributed by atoms with Crippen LogP contribution >= 0.6 is 0 Å². The van der Waals surface area contributed by atoms with E-state index < -0.39 is 0 Å². The second kappa shape index (κ2) is 2.61.